The maximum atomic E-state index is 12.9. The van der Waals surface area contributed by atoms with E-state index in [1.165, 1.54) is 16.7 Å². The molecule has 0 radical (unpaired) electrons. The number of aryl methyl sites for hydroxylation is 1. The summed E-state index contributed by atoms with van der Waals surface area (Å²) in [6.07, 6.45) is 3.90. The van der Waals surface area contributed by atoms with Gasteiger partial charge in [-0.15, -0.1) is 0 Å². The van der Waals surface area contributed by atoms with Crippen molar-refractivity contribution in [3.8, 4) is 0 Å². The molecular weight excluding hydrogens is 407 g/mol. The molecule has 1 aliphatic rings. The maximum Gasteiger partial charge on any atom is 0.270 e. The van der Waals surface area contributed by atoms with Crippen molar-refractivity contribution >= 4 is 80.1 Å². The molecule has 1 saturated heterocycles. The summed E-state index contributed by atoms with van der Waals surface area (Å²) >= 11 is 18.8. The number of anilines is 1. The molecule has 3 aromatic rings. The van der Waals surface area contributed by atoms with Gasteiger partial charge in [0.1, 0.15) is 0 Å². The third-order valence-electron chi connectivity index (χ3n) is 4.17. The van der Waals surface area contributed by atoms with Crippen LogP contribution in [0.4, 0.5) is 5.69 Å². The average Bonchev–Trinajstić information content (AvgIpc) is 3.08. The van der Waals surface area contributed by atoms with Crippen molar-refractivity contribution in [3.63, 3.8) is 0 Å². The molecule has 7 heteroatoms. The molecule has 0 bridgehead atoms. The number of amides is 1. The van der Waals surface area contributed by atoms with Crippen molar-refractivity contribution < 1.29 is 4.79 Å². The lowest BCUT2D eigenvalue weighted by molar-refractivity contribution is -0.113. The van der Waals surface area contributed by atoms with E-state index in [1.54, 1.807) is 18.2 Å². The number of carbonyl (C=O) groups excluding carboxylic acids is 1. The summed E-state index contributed by atoms with van der Waals surface area (Å²) in [6.45, 7) is 0. The van der Waals surface area contributed by atoms with E-state index in [-0.39, 0.29) is 5.91 Å². The van der Waals surface area contributed by atoms with Gasteiger partial charge in [-0.05, 0) is 30.3 Å². The summed E-state index contributed by atoms with van der Waals surface area (Å²) in [5.41, 5.74) is 2.71. The molecule has 130 valence electrons. The topological polar surface area (TPSA) is 25.2 Å². The van der Waals surface area contributed by atoms with Gasteiger partial charge in [-0.2, -0.15) is 0 Å². The van der Waals surface area contributed by atoms with Crippen LogP contribution < -0.4 is 4.90 Å². The molecule has 26 heavy (non-hydrogen) atoms. The van der Waals surface area contributed by atoms with Crippen LogP contribution >= 0.6 is 47.2 Å². The molecule has 1 fully saturated rings. The molecule has 0 saturated carbocycles. The van der Waals surface area contributed by atoms with Gasteiger partial charge in [-0.25, -0.2) is 0 Å². The molecule has 3 nitrogen and oxygen atoms in total. The van der Waals surface area contributed by atoms with Crippen molar-refractivity contribution in [1.82, 2.24) is 4.57 Å². The molecule has 1 aliphatic heterocycles. The molecule has 0 unspecified atom stereocenters. The number of rotatable bonds is 2. The minimum Gasteiger partial charge on any atom is -0.350 e. The minimum absolute atomic E-state index is 0.161. The van der Waals surface area contributed by atoms with E-state index in [4.69, 9.17) is 35.4 Å². The van der Waals surface area contributed by atoms with E-state index < -0.39 is 0 Å². The summed E-state index contributed by atoms with van der Waals surface area (Å²) in [5.74, 6) is -0.161. The number of benzene rings is 2. The fourth-order valence-electron chi connectivity index (χ4n) is 2.94. The van der Waals surface area contributed by atoms with Gasteiger partial charge in [0, 0.05) is 29.7 Å². The van der Waals surface area contributed by atoms with Crippen molar-refractivity contribution in [1.29, 1.82) is 0 Å². The van der Waals surface area contributed by atoms with Crippen LogP contribution in [0.25, 0.3) is 17.0 Å². The Balaban J connectivity index is 1.74. The van der Waals surface area contributed by atoms with Crippen LogP contribution in [0, 0.1) is 0 Å². The Morgan fingerprint density at radius 1 is 1.12 bits per heavy atom. The SMILES string of the molecule is Cn1cc(C=C2SC(=S)N(c3ccc(Cl)c(Cl)c3)C2=O)c2ccccc21. The highest BCUT2D eigenvalue weighted by molar-refractivity contribution is 8.27. The Kier molecular flexibility index (Phi) is 4.57. The van der Waals surface area contributed by atoms with Crippen LogP contribution in [0.5, 0.6) is 0 Å². The lowest BCUT2D eigenvalue weighted by Crippen LogP contribution is -2.27. The Hall–Kier alpha value is -1.79. The molecular formula is C19H12Cl2N2OS2. The zero-order valence-corrected chi connectivity index (χ0v) is 16.7. The second kappa shape index (κ2) is 6.74. The Bertz CT molecular complexity index is 1100. The van der Waals surface area contributed by atoms with Crippen LogP contribution in [0.3, 0.4) is 0 Å². The molecule has 1 amide bonds. The number of thiocarbonyl (C=S) groups is 1. The van der Waals surface area contributed by atoms with Gasteiger partial charge in [0.2, 0.25) is 0 Å². The van der Waals surface area contributed by atoms with Gasteiger partial charge in [0.15, 0.2) is 4.32 Å². The normalized spacial score (nSPS) is 16.3. The monoisotopic (exact) mass is 418 g/mol. The van der Waals surface area contributed by atoms with Crippen molar-refractivity contribution in [2.24, 2.45) is 7.05 Å². The first-order chi connectivity index (χ1) is 12.5. The van der Waals surface area contributed by atoms with Crippen LogP contribution in [0.15, 0.2) is 53.6 Å². The van der Waals surface area contributed by atoms with E-state index in [0.717, 1.165) is 16.5 Å². The summed E-state index contributed by atoms with van der Waals surface area (Å²) in [5, 5.41) is 1.92. The first kappa shape index (κ1) is 17.6. The third-order valence-corrected chi connectivity index (χ3v) is 6.21. The van der Waals surface area contributed by atoms with Gasteiger partial charge in [-0.1, -0.05) is 65.4 Å². The number of nitrogens with zero attached hydrogens (tertiary/aromatic N) is 2. The van der Waals surface area contributed by atoms with Gasteiger partial charge in [-0.3, -0.25) is 9.69 Å². The summed E-state index contributed by atoms with van der Waals surface area (Å²) in [6, 6.07) is 13.1. The predicted octanol–water partition coefficient (Wildman–Crippen LogP) is 5.89. The first-order valence-electron chi connectivity index (χ1n) is 7.73. The van der Waals surface area contributed by atoms with Crippen molar-refractivity contribution in [3.05, 3.63) is 69.2 Å². The fraction of sp³-hybridized carbons (Fsp3) is 0.0526. The predicted molar refractivity (Wildman–Crippen MR) is 115 cm³/mol. The van der Waals surface area contributed by atoms with Crippen LogP contribution in [0.2, 0.25) is 10.0 Å². The number of aromatic nitrogens is 1. The number of halogens is 2. The number of thioether (sulfide) groups is 1. The number of hydrogen-bond donors (Lipinski definition) is 0. The highest BCUT2D eigenvalue weighted by Crippen LogP contribution is 2.38. The summed E-state index contributed by atoms with van der Waals surface area (Å²) in [7, 11) is 1.99. The molecule has 0 spiro atoms. The van der Waals surface area contributed by atoms with Gasteiger partial charge in [0.05, 0.1) is 20.6 Å². The van der Waals surface area contributed by atoms with E-state index in [2.05, 4.69) is 0 Å². The minimum atomic E-state index is -0.161. The fourth-order valence-corrected chi connectivity index (χ4v) is 4.53. The second-order valence-corrected chi connectivity index (χ2v) is 8.32. The molecule has 0 N–H and O–H groups in total. The third kappa shape index (κ3) is 2.95. The largest absolute Gasteiger partial charge is 0.350 e. The van der Waals surface area contributed by atoms with E-state index in [0.29, 0.717) is 25.0 Å². The van der Waals surface area contributed by atoms with Crippen LogP contribution in [0.1, 0.15) is 5.56 Å². The number of fused-ring (bicyclic) bond motifs is 1. The summed E-state index contributed by atoms with van der Waals surface area (Å²) < 4.78 is 2.51. The number of carbonyl (C=O) groups is 1. The van der Waals surface area contributed by atoms with Gasteiger partial charge < -0.3 is 4.57 Å². The van der Waals surface area contributed by atoms with E-state index in [9.17, 15) is 4.79 Å². The second-order valence-electron chi connectivity index (χ2n) is 5.83. The lowest BCUT2D eigenvalue weighted by atomic mass is 10.1. The molecule has 0 atom stereocenters. The highest BCUT2D eigenvalue weighted by atomic mass is 35.5. The Labute approximate surface area is 170 Å². The number of hydrogen-bond acceptors (Lipinski definition) is 3. The average molecular weight is 419 g/mol. The van der Waals surface area contributed by atoms with Gasteiger partial charge in [0.25, 0.3) is 5.91 Å². The maximum absolute atomic E-state index is 12.9. The zero-order valence-electron chi connectivity index (χ0n) is 13.6. The molecule has 2 heterocycles. The standard InChI is InChI=1S/C19H12Cl2N2OS2/c1-22-10-11(13-4-2-3-5-16(13)22)8-17-18(24)23(19(25)26-17)12-6-7-14(20)15(21)9-12/h2-10H,1H3. The Morgan fingerprint density at radius 3 is 2.65 bits per heavy atom. The molecule has 1 aromatic heterocycles. The van der Waals surface area contributed by atoms with Crippen LogP contribution in [-0.2, 0) is 11.8 Å². The Morgan fingerprint density at radius 2 is 1.88 bits per heavy atom. The van der Waals surface area contributed by atoms with Gasteiger partial charge >= 0.3 is 0 Å². The molecule has 0 aliphatic carbocycles. The van der Waals surface area contributed by atoms with E-state index in [1.807, 2.05) is 48.2 Å². The highest BCUT2D eigenvalue weighted by Gasteiger charge is 2.33. The lowest BCUT2D eigenvalue weighted by Gasteiger charge is -2.15. The molecule has 4 rings (SSSR count). The van der Waals surface area contributed by atoms with Crippen molar-refractivity contribution in [2.45, 2.75) is 0 Å². The summed E-state index contributed by atoms with van der Waals surface area (Å²) in [4.78, 5) is 15.0. The smallest absolute Gasteiger partial charge is 0.270 e. The number of para-hydroxylation sites is 1. The first-order valence-corrected chi connectivity index (χ1v) is 9.71. The zero-order chi connectivity index (χ0) is 18.4. The quantitative estimate of drug-likeness (QED) is 0.383. The molecule has 2 aromatic carbocycles. The van der Waals surface area contributed by atoms with E-state index >= 15 is 0 Å². The van der Waals surface area contributed by atoms with Crippen molar-refractivity contribution in [2.75, 3.05) is 4.90 Å². The van der Waals surface area contributed by atoms with Crippen LogP contribution in [-0.4, -0.2) is 14.8 Å².